The van der Waals surface area contributed by atoms with Crippen LogP contribution in [0.1, 0.15) is 55.9 Å². The summed E-state index contributed by atoms with van der Waals surface area (Å²) in [5.74, 6) is -0.330. The van der Waals surface area contributed by atoms with Crippen molar-refractivity contribution in [2.75, 3.05) is 7.11 Å². The summed E-state index contributed by atoms with van der Waals surface area (Å²) in [6.07, 6.45) is 7.47. The predicted molar refractivity (Wildman–Crippen MR) is 99.9 cm³/mol. The van der Waals surface area contributed by atoms with Gasteiger partial charge < -0.3 is 9.47 Å². The van der Waals surface area contributed by atoms with Crippen molar-refractivity contribution in [3.63, 3.8) is 0 Å². The Hall–Kier alpha value is -1.72. The molecule has 1 aliphatic carbocycles. The molecule has 25 heavy (non-hydrogen) atoms. The average Bonchev–Trinajstić information content (AvgIpc) is 3.18. The van der Waals surface area contributed by atoms with Crippen LogP contribution >= 0.6 is 11.3 Å². The summed E-state index contributed by atoms with van der Waals surface area (Å²) in [6, 6.07) is 7.72. The van der Waals surface area contributed by atoms with E-state index in [4.69, 9.17) is 9.47 Å². The lowest BCUT2D eigenvalue weighted by Crippen LogP contribution is -2.39. The number of rotatable bonds is 6. The van der Waals surface area contributed by atoms with Gasteiger partial charge in [-0.3, -0.25) is 0 Å². The third-order valence-corrected chi connectivity index (χ3v) is 5.95. The van der Waals surface area contributed by atoms with Crippen LogP contribution < -0.4 is 0 Å². The highest BCUT2D eigenvalue weighted by atomic mass is 32.1. The van der Waals surface area contributed by atoms with Crippen LogP contribution in [0.5, 0.6) is 0 Å². The lowest BCUT2D eigenvalue weighted by atomic mass is 9.80. The molecule has 0 atom stereocenters. The number of pyridine rings is 1. The molecule has 0 amide bonds. The number of hydrogen-bond acceptors (Lipinski definition) is 5. The van der Waals surface area contributed by atoms with Crippen molar-refractivity contribution in [3.05, 3.63) is 41.5 Å². The summed E-state index contributed by atoms with van der Waals surface area (Å²) in [4.78, 5) is 17.8. The molecule has 0 N–H and O–H groups in total. The summed E-state index contributed by atoms with van der Waals surface area (Å²) in [6.45, 7) is 2.18. The molecule has 0 saturated heterocycles. The highest BCUT2D eigenvalue weighted by molar-refractivity contribution is 7.13. The van der Waals surface area contributed by atoms with Gasteiger partial charge in [0.1, 0.15) is 11.8 Å². The molecule has 134 valence electrons. The van der Waals surface area contributed by atoms with E-state index in [2.05, 4.69) is 11.9 Å². The minimum atomic E-state index is -0.330. The lowest BCUT2D eigenvalue weighted by Gasteiger charge is -2.38. The molecule has 0 aliphatic heterocycles. The largest absolute Gasteiger partial charge is 0.458 e. The van der Waals surface area contributed by atoms with Crippen LogP contribution in [-0.4, -0.2) is 29.8 Å². The van der Waals surface area contributed by atoms with Gasteiger partial charge in [-0.15, -0.1) is 11.3 Å². The van der Waals surface area contributed by atoms with Crippen LogP contribution in [0.2, 0.25) is 0 Å². The van der Waals surface area contributed by atoms with Gasteiger partial charge in [-0.1, -0.05) is 19.4 Å². The molecule has 1 aliphatic rings. The molecule has 2 aromatic heterocycles. The maximum absolute atomic E-state index is 12.4. The van der Waals surface area contributed by atoms with E-state index in [1.54, 1.807) is 30.7 Å². The van der Waals surface area contributed by atoms with Crippen molar-refractivity contribution in [3.8, 4) is 10.4 Å². The molecule has 0 spiro atoms. The second-order valence-corrected chi connectivity index (χ2v) is 7.60. The summed E-state index contributed by atoms with van der Waals surface area (Å²) in [7, 11) is 1.79. The van der Waals surface area contributed by atoms with Crippen LogP contribution in [0.25, 0.3) is 10.4 Å². The average molecular weight is 359 g/mol. The van der Waals surface area contributed by atoms with Crippen LogP contribution in [0, 0.1) is 0 Å². The molecule has 0 radical (unpaired) electrons. The van der Waals surface area contributed by atoms with Crippen LogP contribution in [-0.2, 0) is 9.47 Å². The molecule has 1 saturated carbocycles. The Balaban J connectivity index is 1.56. The third kappa shape index (κ3) is 4.28. The zero-order valence-corrected chi connectivity index (χ0v) is 15.7. The van der Waals surface area contributed by atoms with Crippen molar-refractivity contribution < 1.29 is 14.3 Å². The number of carbonyl (C=O) groups excluding carboxylic acids is 1. The topological polar surface area (TPSA) is 48.4 Å². The fourth-order valence-electron chi connectivity index (χ4n) is 3.56. The minimum absolute atomic E-state index is 0.0295. The zero-order chi connectivity index (χ0) is 17.7. The van der Waals surface area contributed by atoms with Crippen LogP contribution in [0.3, 0.4) is 0 Å². The SMILES string of the molecule is CCC[C@]1(OC)CC[C@H](OC(=O)c2ccc(-c3cccs3)cn2)CC1. The number of aromatic nitrogens is 1. The van der Waals surface area contributed by atoms with Gasteiger partial charge >= 0.3 is 5.97 Å². The van der Waals surface area contributed by atoms with Gasteiger partial charge in [0.05, 0.1) is 5.60 Å². The summed E-state index contributed by atoms with van der Waals surface area (Å²) < 4.78 is 11.4. The number of esters is 1. The predicted octanol–water partition coefficient (Wildman–Crippen LogP) is 5.09. The highest BCUT2D eigenvalue weighted by Gasteiger charge is 2.35. The van der Waals surface area contributed by atoms with Gasteiger partial charge in [-0.05, 0) is 55.7 Å². The standard InChI is InChI=1S/C20H25NO3S/c1-3-10-20(23-2)11-8-16(9-12-20)24-19(22)17-7-6-15(14-21-17)18-5-4-13-25-18/h4-7,13-14,16H,3,8-12H2,1-2H3/t16-,20-. The first-order chi connectivity index (χ1) is 12.2. The second kappa shape index (κ2) is 8.11. The maximum Gasteiger partial charge on any atom is 0.357 e. The van der Waals surface area contributed by atoms with Crippen LogP contribution in [0.15, 0.2) is 35.8 Å². The first-order valence-electron chi connectivity index (χ1n) is 8.92. The Morgan fingerprint density at radius 2 is 2.12 bits per heavy atom. The van der Waals surface area contributed by atoms with Crippen molar-refractivity contribution in [2.45, 2.75) is 57.2 Å². The number of nitrogens with zero attached hydrogens (tertiary/aromatic N) is 1. The smallest absolute Gasteiger partial charge is 0.357 e. The van der Waals surface area contributed by atoms with Gasteiger partial charge in [-0.2, -0.15) is 0 Å². The van der Waals surface area contributed by atoms with Gasteiger partial charge in [0.2, 0.25) is 0 Å². The summed E-state index contributed by atoms with van der Waals surface area (Å²) in [5, 5.41) is 2.03. The maximum atomic E-state index is 12.4. The monoisotopic (exact) mass is 359 g/mol. The second-order valence-electron chi connectivity index (χ2n) is 6.65. The van der Waals surface area contributed by atoms with E-state index >= 15 is 0 Å². The molecule has 3 rings (SSSR count). The van der Waals surface area contributed by atoms with Crippen molar-refractivity contribution in [1.29, 1.82) is 0 Å². The molecule has 1 fully saturated rings. The van der Waals surface area contributed by atoms with Crippen molar-refractivity contribution in [1.82, 2.24) is 4.98 Å². The Morgan fingerprint density at radius 3 is 2.68 bits per heavy atom. The molecule has 0 aromatic carbocycles. The zero-order valence-electron chi connectivity index (χ0n) is 14.9. The summed E-state index contributed by atoms with van der Waals surface area (Å²) >= 11 is 1.66. The number of carbonyl (C=O) groups is 1. The normalized spacial score (nSPS) is 23.4. The Morgan fingerprint density at radius 1 is 1.32 bits per heavy atom. The molecule has 2 aromatic rings. The fourth-order valence-corrected chi connectivity index (χ4v) is 4.28. The Labute approximate surface area is 153 Å². The lowest BCUT2D eigenvalue weighted by molar-refractivity contribution is -0.0739. The highest BCUT2D eigenvalue weighted by Crippen LogP contribution is 2.36. The number of ether oxygens (including phenoxy) is 2. The van der Waals surface area contributed by atoms with Crippen LogP contribution in [0.4, 0.5) is 0 Å². The molecular formula is C20H25NO3S. The van der Waals surface area contributed by atoms with Gasteiger partial charge in [0.15, 0.2) is 0 Å². The first-order valence-corrected chi connectivity index (χ1v) is 9.80. The number of thiophene rings is 1. The Kier molecular flexibility index (Phi) is 5.86. The van der Waals surface area contributed by atoms with E-state index in [1.807, 2.05) is 23.6 Å². The molecule has 4 nitrogen and oxygen atoms in total. The number of hydrogen-bond donors (Lipinski definition) is 0. The van der Waals surface area contributed by atoms with Gasteiger partial charge in [0, 0.05) is 23.7 Å². The van der Waals surface area contributed by atoms with Gasteiger partial charge in [-0.25, -0.2) is 9.78 Å². The van der Waals surface area contributed by atoms with Gasteiger partial charge in [0.25, 0.3) is 0 Å². The fraction of sp³-hybridized carbons (Fsp3) is 0.500. The summed E-state index contributed by atoms with van der Waals surface area (Å²) in [5.41, 5.74) is 1.37. The van der Waals surface area contributed by atoms with E-state index in [-0.39, 0.29) is 17.7 Å². The quantitative estimate of drug-likeness (QED) is 0.674. The molecule has 0 bridgehead atoms. The van der Waals surface area contributed by atoms with Crippen molar-refractivity contribution >= 4 is 17.3 Å². The van der Waals surface area contributed by atoms with E-state index in [9.17, 15) is 4.79 Å². The van der Waals surface area contributed by atoms with E-state index in [0.717, 1.165) is 49.0 Å². The molecule has 0 unspecified atom stereocenters. The van der Waals surface area contributed by atoms with Crippen molar-refractivity contribution in [2.24, 2.45) is 0 Å². The molecule has 5 heteroatoms. The first kappa shape index (κ1) is 18.1. The Bertz CT molecular complexity index is 673. The minimum Gasteiger partial charge on any atom is -0.458 e. The van der Waals surface area contributed by atoms with E-state index < -0.39 is 0 Å². The molecular weight excluding hydrogens is 334 g/mol. The number of methoxy groups -OCH3 is 1. The van der Waals surface area contributed by atoms with E-state index in [0.29, 0.717) is 5.69 Å². The molecule has 2 heterocycles. The van der Waals surface area contributed by atoms with E-state index in [1.165, 1.54) is 0 Å². The third-order valence-electron chi connectivity index (χ3n) is 5.03.